The first-order valence-electron chi connectivity index (χ1n) is 4.46. The fourth-order valence-corrected chi connectivity index (χ4v) is 1.72. The second-order valence-corrected chi connectivity index (χ2v) is 3.82. The Morgan fingerprint density at radius 1 is 1.46 bits per heavy atom. The molecule has 2 N–H and O–H groups in total. The van der Waals surface area contributed by atoms with Gasteiger partial charge in [0.25, 0.3) is 0 Å². The van der Waals surface area contributed by atoms with Crippen LogP contribution in [0.4, 0.5) is 0 Å². The minimum Gasteiger partial charge on any atom is -0.493 e. The van der Waals surface area contributed by atoms with E-state index < -0.39 is 0 Å². The van der Waals surface area contributed by atoms with E-state index in [0.29, 0.717) is 0 Å². The zero-order valence-electron chi connectivity index (χ0n) is 7.36. The summed E-state index contributed by atoms with van der Waals surface area (Å²) in [7, 11) is 0. The minimum atomic E-state index is -0.188. The number of hydrogen-bond acceptors (Lipinski definition) is 3. The van der Waals surface area contributed by atoms with Gasteiger partial charge < -0.3 is 10.5 Å². The highest BCUT2D eigenvalue weighted by atomic mass is 32.1. The lowest BCUT2D eigenvalue weighted by atomic mass is 10.0. The predicted molar refractivity (Wildman–Crippen MR) is 56.2 cm³/mol. The van der Waals surface area contributed by atoms with Gasteiger partial charge in [-0.2, -0.15) is 12.6 Å². The van der Waals surface area contributed by atoms with E-state index in [0.717, 1.165) is 30.8 Å². The minimum absolute atomic E-state index is 0.188. The third kappa shape index (κ3) is 1.81. The predicted octanol–water partition coefficient (Wildman–Crippen LogP) is 1.90. The molecule has 13 heavy (non-hydrogen) atoms. The fourth-order valence-electron chi connectivity index (χ4n) is 1.56. The van der Waals surface area contributed by atoms with Crippen molar-refractivity contribution in [2.24, 2.45) is 5.73 Å². The van der Waals surface area contributed by atoms with Crippen molar-refractivity contribution < 1.29 is 4.74 Å². The number of fused-ring (bicyclic) bond motifs is 1. The average Bonchev–Trinajstić information content (AvgIpc) is 2.17. The van der Waals surface area contributed by atoms with E-state index in [1.54, 1.807) is 0 Å². The molecule has 3 heteroatoms. The van der Waals surface area contributed by atoms with Crippen LogP contribution in [0.1, 0.15) is 22.9 Å². The summed E-state index contributed by atoms with van der Waals surface area (Å²) in [5.41, 5.74) is 7.99. The normalized spacial score (nSPS) is 17.4. The van der Waals surface area contributed by atoms with Crippen molar-refractivity contribution >= 4 is 12.6 Å². The lowest BCUT2D eigenvalue weighted by Gasteiger charge is -2.18. The SMILES string of the molecule is NC(S)c1ccc2c(c1)CCCO2. The lowest BCUT2D eigenvalue weighted by Crippen LogP contribution is -2.10. The average molecular weight is 195 g/mol. The number of thiol groups is 1. The van der Waals surface area contributed by atoms with Crippen molar-refractivity contribution in [2.75, 3.05) is 6.61 Å². The summed E-state index contributed by atoms with van der Waals surface area (Å²) >= 11 is 4.19. The Labute approximate surface area is 83.5 Å². The molecule has 0 saturated heterocycles. The molecule has 0 aromatic heterocycles. The molecule has 2 nitrogen and oxygen atoms in total. The summed E-state index contributed by atoms with van der Waals surface area (Å²) in [5, 5.41) is -0.188. The highest BCUT2D eigenvalue weighted by molar-refractivity contribution is 7.80. The van der Waals surface area contributed by atoms with Crippen LogP contribution in [-0.2, 0) is 6.42 Å². The van der Waals surface area contributed by atoms with Crippen LogP contribution in [0.15, 0.2) is 18.2 Å². The monoisotopic (exact) mass is 195 g/mol. The number of ether oxygens (including phenoxy) is 1. The summed E-state index contributed by atoms with van der Waals surface area (Å²) in [6.45, 7) is 0.833. The van der Waals surface area contributed by atoms with Gasteiger partial charge in [-0.05, 0) is 36.1 Å². The maximum Gasteiger partial charge on any atom is 0.122 e. The van der Waals surface area contributed by atoms with Gasteiger partial charge in [0, 0.05) is 0 Å². The molecule has 1 atom stereocenters. The Morgan fingerprint density at radius 3 is 3.08 bits per heavy atom. The maximum atomic E-state index is 5.67. The van der Waals surface area contributed by atoms with E-state index in [2.05, 4.69) is 18.7 Å². The largest absolute Gasteiger partial charge is 0.493 e. The van der Waals surface area contributed by atoms with E-state index in [1.807, 2.05) is 12.1 Å². The van der Waals surface area contributed by atoms with Crippen LogP contribution < -0.4 is 10.5 Å². The van der Waals surface area contributed by atoms with E-state index in [1.165, 1.54) is 5.56 Å². The molecule has 0 bridgehead atoms. The van der Waals surface area contributed by atoms with E-state index in [9.17, 15) is 0 Å². The van der Waals surface area contributed by atoms with Gasteiger partial charge in [0.05, 0.1) is 12.0 Å². The van der Waals surface area contributed by atoms with Crippen molar-refractivity contribution in [3.05, 3.63) is 29.3 Å². The summed E-state index contributed by atoms with van der Waals surface area (Å²) < 4.78 is 5.49. The molecule has 0 fully saturated rings. The molecule has 0 spiro atoms. The van der Waals surface area contributed by atoms with Crippen LogP contribution in [0.5, 0.6) is 5.75 Å². The van der Waals surface area contributed by atoms with Gasteiger partial charge in [-0.25, -0.2) is 0 Å². The molecule has 70 valence electrons. The molecule has 1 aliphatic rings. The standard InChI is InChI=1S/C10H13NOS/c11-10(13)8-3-4-9-7(6-8)2-1-5-12-9/h3-4,6,10,13H,1-2,5,11H2. The first kappa shape index (κ1) is 8.91. The smallest absolute Gasteiger partial charge is 0.122 e. The summed E-state index contributed by atoms with van der Waals surface area (Å²) in [6.07, 6.45) is 2.18. The number of hydrogen-bond donors (Lipinski definition) is 2. The van der Waals surface area contributed by atoms with Gasteiger partial charge in [0.1, 0.15) is 5.75 Å². The highest BCUT2D eigenvalue weighted by Crippen LogP contribution is 2.27. The Kier molecular flexibility index (Phi) is 2.47. The molecule has 0 saturated carbocycles. The molecular weight excluding hydrogens is 182 g/mol. The molecular formula is C10H13NOS. The van der Waals surface area contributed by atoms with E-state index >= 15 is 0 Å². The molecule has 1 aromatic rings. The van der Waals surface area contributed by atoms with Gasteiger partial charge in [0.15, 0.2) is 0 Å². The van der Waals surface area contributed by atoms with Crippen LogP contribution in [0, 0.1) is 0 Å². The third-order valence-corrected chi connectivity index (χ3v) is 2.57. The topological polar surface area (TPSA) is 35.2 Å². The van der Waals surface area contributed by atoms with Gasteiger partial charge in [-0.3, -0.25) is 0 Å². The van der Waals surface area contributed by atoms with Gasteiger partial charge in [-0.15, -0.1) is 0 Å². The molecule has 1 heterocycles. The van der Waals surface area contributed by atoms with E-state index in [-0.39, 0.29) is 5.37 Å². The number of benzene rings is 1. The van der Waals surface area contributed by atoms with Gasteiger partial charge in [0.2, 0.25) is 0 Å². The van der Waals surface area contributed by atoms with Crippen LogP contribution in [0.25, 0.3) is 0 Å². The summed E-state index contributed by atoms with van der Waals surface area (Å²) in [6, 6.07) is 6.05. The zero-order chi connectivity index (χ0) is 9.26. The Hall–Kier alpha value is -0.670. The zero-order valence-corrected chi connectivity index (χ0v) is 8.26. The van der Waals surface area contributed by atoms with Crippen LogP contribution in [0.3, 0.4) is 0 Å². The maximum absolute atomic E-state index is 5.67. The summed E-state index contributed by atoms with van der Waals surface area (Å²) in [4.78, 5) is 0. The first-order chi connectivity index (χ1) is 6.27. The molecule has 0 radical (unpaired) electrons. The lowest BCUT2D eigenvalue weighted by molar-refractivity contribution is 0.288. The van der Waals surface area contributed by atoms with E-state index in [4.69, 9.17) is 10.5 Å². The van der Waals surface area contributed by atoms with Crippen molar-refractivity contribution in [1.29, 1.82) is 0 Å². The third-order valence-electron chi connectivity index (χ3n) is 2.27. The number of aryl methyl sites for hydroxylation is 1. The van der Waals surface area contributed by atoms with Crippen LogP contribution in [0.2, 0.25) is 0 Å². The second-order valence-electron chi connectivity index (χ2n) is 3.26. The van der Waals surface area contributed by atoms with Gasteiger partial charge >= 0.3 is 0 Å². The molecule has 1 unspecified atom stereocenters. The van der Waals surface area contributed by atoms with Crippen molar-refractivity contribution in [1.82, 2.24) is 0 Å². The molecule has 1 aromatic carbocycles. The number of rotatable bonds is 1. The Morgan fingerprint density at radius 2 is 2.31 bits per heavy atom. The van der Waals surface area contributed by atoms with Crippen LogP contribution >= 0.6 is 12.6 Å². The molecule has 2 rings (SSSR count). The second kappa shape index (κ2) is 3.60. The summed E-state index contributed by atoms with van der Waals surface area (Å²) in [5.74, 6) is 1.00. The molecule has 1 aliphatic heterocycles. The number of nitrogens with two attached hydrogens (primary N) is 1. The fraction of sp³-hybridized carbons (Fsp3) is 0.400. The Balaban J connectivity index is 2.35. The molecule has 0 aliphatic carbocycles. The van der Waals surface area contributed by atoms with Crippen LogP contribution in [-0.4, -0.2) is 6.61 Å². The van der Waals surface area contributed by atoms with Gasteiger partial charge in [-0.1, -0.05) is 6.07 Å². The molecule has 0 amide bonds. The van der Waals surface area contributed by atoms with Crippen molar-refractivity contribution in [2.45, 2.75) is 18.2 Å². The quantitative estimate of drug-likeness (QED) is 0.530. The van der Waals surface area contributed by atoms with Crippen molar-refractivity contribution in [3.63, 3.8) is 0 Å². The highest BCUT2D eigenvalue weighted by Gasteiger charge is 2.11. The first-order valence-corrected chi connectivity index (χ1v) is 4.98. The van der Waals surface area contributed by atoms with Crippen molar-refractivity contribution in [3.8, 4) is 5.75 Å². The Bertz CT molecular complexity index is 312.